The number of benzene rings is 2. The number of carbonyl (C=O) groups excluding carboxylic acids is 1. The van der Waals surface area contributed by atoms with Crippen LogP contribution in [0.15, 0.2) is 54.6 Å². The van der Waals surface area contributed by atoms with Gasteiger partial charge in [-0.05, 0) is 51.0 Å². The van der Waals surface area contributed by atoms with Crippen molar-refractivity contribution >= 4 is 23.1 Å². The molecule has 2 heterocycles. The van der Waals surface area contributed by atoms with E-state index in [0.717, 1.165) is 24.5 Å². The zero-order chi connectivity index (χ0) is 20.4. The minimum atomic E-state index is -0.288. The van der Waals surface area contributed by atoms with E-state index in [-0.39, 0.29) is 12.0 Å². The number of nitrogens with one attached hydrogen (secondary N) is 1. The molecular formula is C23H24N4O2. The van der Waals surface area contributed by atoms with Gasteiger partial charge in [-0.1, -0.05) is 30.3 Å². The van der Waals surface area contributed by atoms with Crippen molar-refractivity contribution in [1.82, 2.24) is 9.97 Å². The number of anilines is 3. The summed E-state index contributed by atoms with van der Waals surface area (Å²) in [5.74, 6) is 1.64. The van der Waals surface area contributed by atoms with E-state index < -0.39 is 0 Å². The Hall–Kier alpha value is -3.41. The topological polar surface area (TPSA) is 67.3 Å². The number of amides is 1. The Morgan fingerprint density at radius 2 is 1.86 bits per heavy atom. The average Bonchev–Trinajstić information content (AvgIpc) is 3.13. The maximum Gasteiger partial charge on any atom is 0.274 e. The molecule has 3 aromatic rings. The van der Waals surface area contributed by atoms with Crippen molar-refractivity contribution in [3.8, 4) is 5.75 Å². The largest absolute Gasteiger partial charge is 0.489 e. The Morgan fingerprint density at radius 3 is 2.69 bits per heavy atom. The van der Waals surface area contributed by atoms with Crippen molar-refractivity contribution in [1.29, 1.82) is 0 Å². The summed E-state index contributed by atoms with van der Waals surface area (Å²) < 4.78 is 5.79. The van der Waals surface area contributed by atoms with Crippen molar-refractivity contribution in [3.05, 3.63) is 71.7 Å². The third kappa shape index (κ3) is 4.06. The smallest absolute Gasteiger partial charge is 0.274 e. The molecule has 0 atom stereocenters. The minimum absolute atomic E-state index is 0.0104. The van der Waals surface area contributed by atoms with Gasteiger partial charge in [0.15, 0.2) is 0 Å². The zero-order valence-corrected chi connectivity index (χ0v) is 16.8. The van der Waals surface area contributed by atoms with Gasteiger partial charge in [0.1, 0.15) is 23.1 Å². The zero-order valence-electron chi connectivity index (χ0n) is 16.8. The van der Waals surface area contributed by atoms with Gasteiger partial charge in [-0.15, -0.1) is 0 Å². The summed E-state index contributed by atoms with van der Waals surface area (Å²) >= 11 is 0. The predicted octanol–water partition coefficient (Wildman–Crippen LogP) is 4.52. The fourth-order valence-electron chi connectivity index (χ4n) is 3.50. The van der Waals surface area contributed by atoms with Gasteiger partial charge in [-0.2, -0.15) is 0 Å². The number of aryl methyl sites for hydroxylation is 1. The van der Waals surface area contributed by atoms with E-state index in [1.807, 2.05) is 50.2 Å². The molecular weight excluding hydrogens is 364 g/mol. The van der Waals surface area contributed by atoms with Crippen LogP contribution in [-0.2, 0) is 6.42 Å². The van der Waals surface area contributed by atoms with E-state index in [2.05, 4.69) is 32.3 Å². The second kappa shape index (κ2) is 7.91. The first-order valence-electron chi connectivity index (χ1n) is 9.79. The third-order valence-electron chi connectivity index (χ3n) is 4.72. The molecule has 6 nitrogen and oxygen atoms in total. The van der Waals surface area contributed by atoms with Gasteiger partial charge in [0.2, 0.25) is 0 Å². The summed E-state index contributed by atoms with van der Waals surface area (Å²) in [5.41, 5.74) is 3.37. The third-order valence-corrected chi connectivity index (χ3v) is 4.72. The van der Waals surface area contributed by atoms with E-state index in [4.69, 9.17) is 4.74 Å². The Labute approximate surface area is 170 Å². The summed E-state index contributed by atoms with van der Waals surface area (Å²) in [5, 5.41) is 2.92. The number of carbonyl (C=O) groups is 1. The lowest BCUT2D eigenvalue weighted by Crippen LogP contribution is -2.20. The Morgan fingerprint density at radius 1 is 1.10 bits per heavy atom. The number of hydrogen-bond donors (Lipinski definition) is 1. The molecule has 1 aliphatic heterocycles. The van der Waals surface area contributed by atoms with Crippen molar-refractivity contribution < 1.29 is 9.53 Å². The van der Waals surface area contributed by atoms with Gasteiger partial charge >= 0.3 is 0 Å². The van der Waals surface area contributed by atoms with Crippen LogP contribution in [0.1, 0.15) is 35.7 Å². The van der Waals surface area contributed by atoms with Gasteiger partial charge in [0.05, 0.1) is 11.8 Å². The molecule has 1 aromatic heterocycles. The number of rotatable bonds is 5. The molecule has 0 saturated heterocycles. The Balaban J connectivity index is 1.61. The van der Waals surface area contributed by atoms with E-state index in [1.54, 1.807) is 13.0 Å². The van der Waals surface area contributed by atoms with Crippen molar-refractivity contribution in [2.24, 2.45) is 0 Å². The second-order valence-corrected chi connectivity index (χ2v) is 7.31. The second-order valence-electron chi connectivity index (χ2n) is 7.31. The van der Waals surface area contributed by atoms with E-state index in [9.17, 15) is 4.79 Å². The molecule has 1 N–H and O–H groups in total. The number of hydrogen-bond acceptors (Lipinski definition) is 5. The highest BCUT2D eigenvalue weighted by atomic mass is 16.5. The van der Waals surface area contributed by atoms with Crippen LogP contribution in [0.4, 0.5) is 17.2 Å². The maximum atomic E-state index is 12.9. The quantitative estimate of drug-likeness (QED) is 0.696. The molecule has 148 valence electrons. The van der Waals surface area contributed by atoms with Gasteiger partial charge in [0.25, 0.3) is 5.91 Å². The summed E-state index contributed by atoms with van der Waals surface area (Å²) in [6.45, 7) is 6.54. The first-order chi connectivity index (χ1) is 14.0. The van der Waals surface area contributed by atoms with Crippen LogP contribution in [0, 0.1) is 6.92 Å². The molecule has 4 rings (SSSR count). The standard InChI is InChI=1S/C23H24N4O2/c1-15(2)29-21-11-7-5-9-18(21)26-23(28)19-14-22(25-16(3)24-19)27-13-12-17-8-4-6-10-20(17)27/h4-11,14-15H,12-13H2,1-3H3,(H,26,28). The van der Waals surface area contributed by atoms with Gasteiger partial charge in [-0.3, -0.25) is 4.79 Å². The SMILES string of the molecule is Cc1nc(C(=O)Nc2ccccc2OC(C)C)cc(N2CCc3ccccc32)n1. The molecule has 0 radical (unpaired) electrons. The van der Waals surface area contributed by atoms with E-state index >= 15 is 0 Å². The molecule has 1 aliphatic rings. The Bertz CT molecular complexity index is 1050. The minimum Gasteiger partial charge on any atom is -0.489 e. The molecule has 0 unspecified atom stereocenters. The van der Waals surface area contributed by atoms with Crippen LogP contribution in [0.3, 0.4) is 0 Å². The lowest BCUT2D eigenvalue weighted by Gasteiger charge is -2.19. The number of aromatic nitrogens is 2. The van der Waals surface area contributed by atoms with Crippen molar-refractivity contribution in [2.75, 3.05) is 16.8 Å². The van der Waals surface area contributed by atoms with E-state index in [1.165, 1.54) is 5.56 Å². The molecule has 29 heavy (non-hydrogen) atoms. The fraction of sp³-hybridized carbons (Fsp3) is 0.261. The summed E-state index contributed by atoms with van der Waals surface area (Å²) in [6, 6.07) is 17.4. The number of fused-ring (bicyclic) bond motifs is 1. The number of ether oxygens (including phenoxy) is 1. The van der Waals surface area contributed by atoms with E-state index in [0.29, 0.717) is 23.0 Å². The van der Waals surface area contributed by atoms with Crippen molar-refractivity contribution in [3.63, 3.8) is 0 Å². The Kier molecular flexibility index (Phi) is 5.16. The lowest BCUT2D eigenvalue weighted by molar-refractivity contribution is 0.102. The lowest BCUT2D eigenvalue weighted by atomic mass is 10.2. The first-order valence-corrected chi connectivity index (χ1v) is 9.79. The van der Waals surface area contributed by atoms with Gasteiger partial charge in [-0.25, -0.2) is 9.97 Å². The van der Waals surface area contributed by atoms with Crippen LogP contribution in [0.2, 0.25) is 0 Å². The number of nitrogens with zero attached hydrogens (tertiary/aromatic N) is 3. The van der Waals surface area contributed by atoms with Gasteiger partial charge in [0, 0.05) is 18.3 Å². The van der Waals surface area contributed by atoms with Crippen molar-refractivity contribution in [2.45, 2.75) is 33.3 Å². The molecule has 0 bridgehead atoms. The summed E-state index contributed by atoms with van der Waals surface area (Å²) in [6.07, 6.45) is 0.969. The molecule has 0 fully saturated rings. The molecule has 2 aromatic carbocycles. The maximum absolute atomic E-state index is 12.9. The van der Waals surface area contributed by atoms with Crippen LogP contribution in [-0.4, -0.2) is 28.5 Å². The average molecular weight is 388 g/mol. The van der Waals surface area contributed by atoms with Gasteiger partial charge < -0.3 is 15.0 Å². The summed E-state index contributed by atoms with van der Waals surface area (Å²) in [7, 11) is 0. The molecule has 6 heteroatoms. The highest BCUT2D eigenvalue weighted by Crippen LogP contribution is 2.33. The van der Waals surface area contributed by atoms with Crippen LogP contribution < -0.4 is 15.0 Å². The molecule has 0 aliphatic carbocycles. The normalized spacial score (nSPS) is 12.8. The highest BCUT2D eigenvalue weighted by molar-refractivity contribution is 6.04. The summed E-state index contributed by atoms with van der Waals surface area (Å²) in [4.78, 5) is 24.0. The predicted molar refractivity (Wildman–Crippen MR) is 114 cm³/mol. The van der Waals surface area contributed by atoms with Crippen LogP contribution >= 0.6 is 0 Å². The van der Waals surface area contributed by atoms with Crippen LogP contribution in [0.5, 0.6) is 5.75 Å². The monoisotopic (exact) mass is 388 g/mol. The first kappa shape index (κ1) is 18.9. The molecule has 0 saturated carbocycles. The molecule has 0 spiro atoms. The van der Waals surface area contributed by atoms with Crippen LogP contribution in [0.25, 0.3) is 0 Å². The fourth-order valence-corrected chi connectivity index (χ4v) is 3.50. The molecule has 1 amide bonds. The number of para-hydroxylation sites is 3. The highest BCUT2D eigenvalue weighted by Gasteiger charge is 2.23.